The van der Waals surface area contributed by atoms with Gasteiger partial charge in [0.05, 0.1) is 0 Å². The van der Waals surface area contributed by atoms with Crippen LogP contribution in [0.5, 0.6) is 0 Å². The van der Waals surface area contributed by atoms with Gasteiger partial charge in [-0.05, 0) is 31.4 Å². The van der Waals surface area contributed by atoms with Gasteiger partial charge >= 0.3 is 0 Å². The molecule has 1 atom stereocenters. The first-order valence-corrected chi connectivity index (χ1v) is 4.71. The lowest BCUT2D eigenvalue weighted by Gasteiger charge is -2.03. The molecule has 9 heavy (non-hydrogen) atoms. The summed E-state index contributed by atoms with van der Waals surface area (Å²) in [6, 6.07) is 0. The highest BCUT2D eigenvalue weighted by Gasteiger charge is 2.13. The summed E-state index contributed by atoms with van der Waals surface area (Å²) in [5, 5.41) is 0.961. The van der Waals surface area contributed by atoms with E-state index in [0.717, 1.165) is 5.25 Å². The Bertz CT molecular complexity index is 82.6. The quantitative estimate of drug-likeness (QED) is 0.546. The van der Waals surface area contributed by atoms with Gasteiger partial charge in [0.2, 0.25) is 0 Å². The molecule has 1 saturated heterocycles. The highest BCUT2D eigenvalue weighted by atomic mass is 32.2. The fourth-order valence-corrected chi connectivity index (χ4v) is 2.48. The van der Waals surface area contributed by atoms with Gasteiger partial charge in [0, 0.05) is 5.25 Å². The van der Waals surface area contributed by atoms with E-state index in [2.05, 4.69) is 18.3 Å². The van der Waals surface area contributed by atoms with Gasteiger partial charge in [-0.25, -0.2) is 0 Å². The largest absolute Gasteiger partial charge is 0.159 e. The topological polar surface area (TPSA) is 0 Å². The van der Waals surface area contributed by atoms with Crippen LogP contribution in [0.3, 0.4) is 0 Å². The third-order valence-electron chi connectivity index (χ3n) is 1.72. The van der Waals surface area contributed by atoms with Crippen LogP contribution in [0.25, 0.3) is 0 Å². The summed E-state index contributed by atoms with van der Waals surface area (Å²) < 4.78 is 0. The van der Waals surface area contributed by atoms with Crippen molar-refractivity contribution in [3.05, 3.63) is 12.7 Å². The summed E-state index contributed by atoms with van der Waals surface area (Å²) in [6.45, 7) is 3.71. The van der Waals surface area contributed by atoms with E-state index in [1.165, 1.54) is 31.4 Å². The number of allylic oxidation sites excluding steroid dienone is 1. The van der Waals surface area contributed by atoms with Gasteiger partial charge in [-0.3, -0.25) is 0 Å². The summed E-state index contributed by atoms with van der Waals surface area (Å²) in [7, 11) is 0. The van der Waals surface area contributed by atoms with Crippen LogP contribution in [0.4, 0.5) is 0 Å². The van der Waals surface area contributed by atoms with Crippen LogP contribution in [0.15, 0.2) is 12.7 Å². The third kappa shape index (κ3) is 2.44. The van der Waals surface area contributed by atoms with E-state index in [0.29, 0.717) is 0 Å². The van der Waals surface area contributed by atoms with E-state index < -0.39 is 0 Å². The summed E-state index contributed by atoms with van der Waals surface area (Å²) in [5.74, 6) is 1.39. The Hall–Kier alpha value is 0.0900. The molecule has 0 aromatic heterocycles. The molecular weight excluding hydrogens is 128 g/mol. The molecule has 1 heteroatoms. The maximum absolute atomic E-state index is 3.71. The summed E-state index contributed by atoms with van der Waals surface area (Å²) in [4.78, 5) is 0. The molecule has 1 aliphatic rings. The Balaban J connectivity index is 2.04. The van der Waals surface area contributed by atoms with Crippen molar-refractivity contribution in [2.75, 3.05) is 5.75 Å². The molecule has 1 aliphatic heterocycles. The lowest BCUT2D eigenvalue weighted by Crippen LogP contribution is -1.93. The average Bonchev–Trinajstić information content (AvgIpc) is 2.34. The van der Waals surface area contributed by atoms with Gasteiger partial charge in [0.25, 0.3) is 0 Å². The van der Waals surface area contributed by atoms with Gasteiger partial charge in [0.1, 0.15) is 0 Å². The second kappa shape index (κ2) is 3.99. The predicted molar refractivity (Wildman–Crippen MR) is 44.9 cm³/mol. The average molecular weight is 142 g/mol. The molecule has 52 valence electrons. The second-order valence-corrected chi connectivity index (χ2v) is 3.91. The van der Waals surface area contributed by atoms with Crippen molar-refractivity contribution in [3.63, 3.8) is 0 Å². The van der Waals surface area contributed by atoms with Crippen LogP contribution in [0.2, 0.25) is 0 Å². The molecule has 0 radical (unpaired) electrons. The molecule has 0 aromatic carbocycles. The standard InChI is InChI=1S/C8H14S/c1-2-3-5-8-6-4-7-9-8/h2,8H,1,3-7H2. The van der Waals surface area contributed by atoms with Gasteiger partial charge in [-0.2, -0.15) is 11.8 Å². The van der Waals surface area contributed by atoms with Crippen LogP contribution < -0.4 is 0 Å². The molecule has 1 heterocycles. The molecule has 1 unspecified atom stereocenters. The molecule has 0 bridgehead atoms. The Kier molecular flexibility index (Phi) is 3.20. The van der Waals surface area contributed by atoms with Crippen molar-refractivity contribution in [2.24, 2.45) is 0 Å². The zero-order valence-corrected chi connectivity index (χ0v) is 6.62. The lowest BCUT2D eigenvalue weighted by atomic mass is 10.1. The molecule has 0 aromatic rings. The van der Waals surface area contributed by atoms with Crippen molar-refractivity contribution < 1.29 is 0 Å². The first-order valence-electron chi connectivity index (χ1n) is 3.66. The zero-order valence-electron chi connectivity index (χ0n) is 5.81. The molecule has 0 spiro atoms. The fraction of sp³-hybridized carbons (Fsp3) is 0.750. The Morgan fingerprint density at radius 3 is 3.11 bits per heavy atom. The minimum Gasteiger partial charge on any atom is -0.159 e. The molecule has 1 rings (SSSR count). The predicted octanol–water partition coefficient (Wildman–Crippen LogP) is 2.85. The van der Waals surface area contributed by atoms with E-state index in [1.807, 2.05) is 6.08 Å². The van der Waals surface area contributed by atoms with Crippen molar-refractivity contribution in [2.45, 2.75) is 30.9 Å². The number of rotatable bonds is 3. The van der Waals surface area contributed by atoms with Crippen LogP contribution >= 0.6 is 11.8 Å². The van der Waals surface area contributed by atoms with Gasteiger partial charge in [0.15, 0.2) is 0 Å². The van der Waals surface area contributed by atoms with Crippen molar-refractivity contribution >= 4 is 11.8 Å². The lowest BCUT2D eigenvalue weighted by molar-refractivity contribution is 0.726. The van der Waals surface area contributed by atoms with Crippen molar-refractivity contribution in [1.29, 1.82) is 0 Å². The van der Waals surface area contributed by atoms with Crippen LogP contribution in [-0.4, -0.2) is 11.0 Å². The SMILES string of the molecule is C=CCCC1CCCS1. The molecule has 0 nitrogen and oxygen atoms in total. The Morgan fingerprint density at radius 2 is 2.56 bits per heavy atom. The van der Waals surface area contributed by atoms with Crippen LogP contribution in [-0.2, 0) is 0 Å². The maximum Gasteiger partial charge on any atom is 0.00502 e. The smallest absolute Gasteiger partial charge is 0.00502 e. The van der Waals surface area contributed by atoms with Crippen molar-refractivity contribution in [3.8, 4) is 0 Å². The molecule has 0 amide bonds. The van der Waals surface area contributed by atoms with E-state index in [4.69, 9.17) is 0 Å². The van der Waals surface area contributed by atoms with E-state index >= 15 is 0 Å². The number of hydrogen-bond acceptors (Lipinski definition) is 1. The van der Waals surface area contributed by atoms with Crippen LogP contribution in [0.1, 0.15) is 25.7 Å². The minimum absolute atomic E-state index is 0.961. The van der Waals surface area contributed by atoms with Crippen LogP contribution in [0, 0.1) is 0 Å². The van der Waals surface area contributed by atoms with E-state index in [-0.39, 0.29) is 0 Å². The highest BCUT2D eigenvalue weighted by Crippen LogP contribution is 2.29. The minimum atomic E-state index is 0.961. The molecule has 0 aliphatic carbocycles. The first-order chi connectivity index (χ1) is 4.43. The molecule has 0 saturated carbocycles. The highest BCUT2D eigenvalue weighted by molar-refractivity contribution is 8.00. The van der Waals surface area contributed by atoms with Crippen molar-refractivity contribution in [1.82, 2.24) is 0 Å². The van der Waals surface area contributed by atoms with Gasteiger partial charge < -0.3 is 0 Å². The normalized spacial score (nSPS) is 26.4. The number of hydrogen-bond donors (Lipinski definition) is 0. The Labute approximate surface area is 61.7 Å². The third-order valence-corrected chi connectivity index (χ3v) is 3.18. The number of thioether (sulfide) groups is 1. The summed E-state index contributed by atoms with van der Waals surface area (Å²) in [6.07, 6.45) is 7.47. The van der Waals surface area contributed by atoms with Gasteiger partial charge in [-0.15, -0.1) is 6.58 Å². The molecular formula is C8H14S. The monoisotopic (exact) mass is 142 g/mol. The van der Waals surface area contributed by atoms with E-state index in [1.54, 1.807) is 0 Å². The fourth-order valence-electron chi connectivity index (χ4n) is 1.18. The van der Waals surface area contributed by atoms with Gasteiger partial charge in [-0.1, -0.05) is 6.08 Å². The first kappa shape index (κ1) is 7.20. The summed E-state index contributed by atoms with van der Waals surface area (Å²) >= 11 is 2.13. The van der Waals surface area contributed by atoms with E-state index in [9.17, 15) is 0 Å². The maximum atomic E-state index is 3.71. The molecule has 0 N–H and O–H groups in total. The zero-order chi connectivity index (χ0) is 6.53. The summed E-state index contributed by atoms with van der Waals surface area (Å²) in [5.41, 5.74) is 0. The molecule has 1 fully saturated rings. The second-order valence-electron chi connectivity index (χ2n) is 2.50. The Morgan fingerprint density at radius 1 is 1.67 bits per heavy atom.